The van der Waals surface area contributed by atoms with Crippen LogP contribution >= 0.6 is 11.8 Å². The minimum Gasteiger partial charge on any atom is -0.406 e. The lowest BCUT2D eigenvalue weighted by atomic mass is 10.2. The SMILES string of the molecule is CN(C)CCn1c(SCC(=O)Nc2ccc(OC(F)(F)F)cc2)nc2ccccc2c1=O. The van der Waals surface area contributed by atoms with Crippen molar-refractivity contribution in [2.45, 2.75) is 18.1 Å². The number of hydrogen-bond donors (Lipinski definition) is 1. The number of thioether (sulfide) groups is 1. The Bertz CT molecular complexity index is 1150. The molecule has 7 nitrogen and oxygen atoms in total. The molecule has 0 aliphatic heterocycles. The van der Waals surface area contributed by atoms with Gasteiger partial charge in [-0.15, -0.1) is 13.2 Å². The summed E-state index contributed by atoms with van der Waals surface area (Å²) in [5.74, 6) is -0.802. The van der Waals surface area contributed by atoms with Crippen molar-refractivity contribution < 1.29 is 22.7 Å². The summed E-state index contributed by atoms with van der Waals surface area (Å²) in [7, 11) is 3.79. The van der Waals surface area contributed by atoms with E-state index in [1.165, 1.54) is 12.1 Å². The van der Waals surface area contributed by atoms with E-state index < -0.39 is 6.36 Å². The third kappa shape index (κ3) is 6.47. The number of nitrogens with one attached hydrogen (secondary N) is 1. The van der Waals surface area contributed by atoms with Gasteiger partial charge in [0.2, 0.25) is 5.91 Å². The number of hydrogen-bond acceptors (Lipinski definition) is 6. The second-order valence-corrected chi connectivity index (χ2v) is 8.02. The van der Waals surface area contributed by atoms with Crippen LogP contribution in [0.3, 0.4) is 0 Å². The second kappa shape index (κ2) is 10.0. The molecule has 1 amide bonds. The van der Waals surface area contributed by atoms with Crippen LogP contribution in [0.15, 0.2) is 58.5 Å². The highest BCUT2D eigenvalue weighted by atomic mass is 32.2. The zero-order valence-corrected chi connectivity index (χ0v) is 18.2. The van der Waals surface area contributed by atoms with Gasteiger partial charge in [0, 0.05) is 18.8 Å². The predicted octanol–water partition coefficient (Wildman–Crippen LogP) is 3.59. The smallest absolute Gasteiger partial charge is 0.406 e. The Morgan fingerprint density at radius 2 is 1.84 bits per heavy atom. The molecule has 0 fully saturated rings. The highest BCUT2D eigenvalue weighted by Crippen LogP contribution is 2.24. The monoisotopic (exact) mass is 466 g/mol. The number of rotatable bonds is 8. The number of benzene rings is 2. The number of alkyl halides is 3. The summed E-state index contributed by atoms with van der Waals surface area (Å²) in [6, 6.07) is 11.8. The van der Waals surface area contributed by atoms with E-state index in [1.807, 2.05) is 19.0 Å². The van der Waals surface area contributed by atoms with Gasteiger partial charge in [-0.1, -0.05) is 23.9 Å². The summed E-state index contributed by atoms with van der Waals surface area (Å²) in [4.78, 5) is 31.8. The molecule has 0 atom stereocenters. The fourth-order valence-electron chi connectivity index (χ4n) is 2.82. The van der Waals surface area contributed by atoms with Crippen molar-refractivity contribution in [2.75, 3.05) is 31.7 Å². The molecular weight excluding hydrogens is 445 g/mol. The van der Waals surface area contributed by atoms with E-state index in [0.29, 0.717) is 34.8 Å². The number of ether oxygens (including phenoxy) is 1. The summed E-state index contributed by atoms with van der Waals surface area (Å²) in [6.45, 7) is 1.03. The molecule has 170 valence electrons. The van der Waals surface area contributed by atoms with Crippen molar-refractivity contribution in [1.29, 1.82) is 0 Å². The first kappa shape index (κ1) is 23.6. The molecule has 1 heterocycles. The van der Waals surface area contributed by atoms with E-state index in [1.54, 1.807) is 28.8 Å². The number of aromatic nitrogens is 2. The maximum Gasteiger partial charge on any atom is 0.573 e. The van der Waals surface area contributed by atoms with Gasteiger partial charge in [0.1, 0.15) is 5.75 Å². The van der Waals surface area contributed by atoms with Gasteiger partial charge < -0.3 is 15.0 Å². The van der Waals surface area contributed by atoms with Crippen LogP contribution in [0, 0.1) is 0 Å². The molecule has 0 radical (unpaired) electrons. The molecule has 0 aliphatic carbocycles. The summed E-state index contributed by atoms with van der Waals surface area (Å²) >= 11 is 1.11. The standard InChI is InChI=1S/C21H21F3N4O3S/c1-27(2)11-12-28-19(30)16-5-3-4-6-17(16)26-20(28)32-13-18(29)25-14-7-9-15(10-8-14)31-21(22,23)24/h3-10H,11-13H2,1-2H3,(H,25,29). The van der Waals surface area contributed by atoms with Gasteiger partial charge in [0.05, 0.1) is 16.7 Å². The largest absolute Gasteiger partial charge is 0.573 e. The molecular formula is C21H21F3N4O3S. The lowest BCUT2D eigenvalue weighted by Gasteiger charge is -2.15. The highest BCUT2D eigenvalue weighted by molar-refractivity contribution is 7.99. The average Bonchev–Trinajstić information content (AvgIpc) is 2.72. The van der Waals surface area contributed by atoms with E-state index in [2.05, 4.69) is 15.0 Å². The maximum atomic E-state index is 12.9. The molecule has 3 aromatic rings. The normalized spacial score (nSPS) is 11.7. The Hall–Kier alpha value is -3.05. The quantitative estimate of drug-likeness (QED) is 0.404. The van der Waals surface area contributed by atoms with Crippen molar-refractivity contribution in [2.24, 2.45) is 0 Å². The number of nitrogens with zero attached hydrogens (tertiary/aromatic N) is 3. The fraction of sp³-hybridized carbons (Fsp3) is 0.286. The lowest BCUT2D eigenvalue weighted by Crippen LogP contribution is -2.29. The van der Waals surface area contributed by atoms with Crippen LogP contribution in [0.1, 0.15) is 0 Å². The number of carbonyl (C=O) groups excluding carboxylic acids is 1. The van der Waals surface area contributed by atoms with E-state index >= 15 is 0 Å². The number of carbonyl (C=O) groups is 1. The third-order valence-corrected chi connectivity index (χ3v) is 5.28. The average molecular weight is 466 g/mol. The van der Waals surface area contributed by atoms with Crippen molar-refractivity contribution in [3.8, 4) is 5.75 Å². The molecule has 0 spiro atoms. The van der Waals surface area contributed by atoms with Gasteiger partial charge >= 0.3 is 6.36 Å². The Morgan fingerprint density at radius 1 is 1.16 bits per heavy atom. The summed E-state index contributed by atoms with van der Waals surface area (Å²) in [5.41, 5.74) is 0.684. The molecule has 0 aliphatic rings. The van der Waals surface area contributed by atoms with Gasteiger partial charge in [-0.25, -0.2) is 4.98 Å². The first-order valence-electron chi connectivity index (χ1n) is 9.55. The van der Waals surface area contributed by atoms with Crippen LogP contribution in [0.4, 0.5) is 18.9 Å². The van der Waals surface area contributed by atoms with Crippen LogP contribution < -0.4 is 15.6 Å². The minimum absolute atomic E-state index is 0.0342. The molecule has 1 aromatic heterocycles. The molecule has 1 N–H and O–H groups in total. The number of likely N-dealkylation sites (N-methyl/N-ethyl adjacent to an activating group) is 1. The number of anilines is 1. The lowest BCUT2D eigenvalue weighted by molar-refractivity contribution is -0.274. The Kier molecular flexibility index (Phi) is 7.41. The van der Waals surface area contributed by atoms with Crippen LogP contribution in [0.25, 0.3) is 10.9 Å². The predicted molar refractivity (Wildman–Crippen MR) is 117 cm³/mol. The van der Waals surface area contributed by atoms with E-state index in [4.69, 9.17) is 0 Å². The number of halogens is 3. The summed E-state index contributed by atoms with van der Waals surface area (Å²) in [6.07, 6.45) is -4.78. The summed E-state index contributed by atoms with van der Waals surface area (Å²) < 4.78 is 42.1. The molecule has 0 bridgehead atoms. The van der Waals surface area contributed by atoms with Crippen molar-refractivity contribution >= 4 is 34.3 Å². The van der Waals surface area contributed by atoms with Crippen LogP contribution in [0.2, 0.25) is 0 Å². The van der Waals surface area contributed by atoms with E-state index in [0.717, 1.165) is 23.9 Å². The Morgan fingerprint density at radius 3 is 2.50 bits per heavy atom. The van der Waals surface area contributed by atoms with Crippen LogP contribution in [-0.4, -0.2) is 53.1 Å². The van der Waals surface area contributed by atoms with E-state index in [-0.39, 0.29) is 23.0 Å². The molecule has 11 heteroatoms. The van der Waals surface area contributed by atoms with Gasteiger partial charge in [0.25, 0.3) is 5.56 Å². The molecule has 32 heavy (non-hydrogen) atoms. The van der Waals surface area contributed by atoms with Crippen LogP contribution in [0.5, 0.6) is 5.75 Å². The molecule has 3 rings (SSSR count). The second-order valence-electron chi connectivity index (χ2n) is 7.08. The first-order chi connectivity index (χ1) is 15.1. The van der Waals surface area contributed by atoms with Gasteiger partial charge in [-0.05, 0) is 50.5 Å². The Labute approximate surface area is 186 Å². The maximum absolute atomic E-state index is 12.9. The van der Waals surface area contributed by atoms with Crippen molar-refractivity contribution in [3.63, 3.8) is 0 Å². The molecule has 0 unspecified atom stereocenters. The molecule has 0 saturated heterocycles. The van der Waals surface area contributed by atoms with Crippen molar-refractivity contribution in [3.05, 3.63) is 58.9 Å². The van der Waals surface area contributed by atoms with Gasteiger partial charge in [-0.3, -0.25) is 14.2 Å². The highest BCUT2D eigenvalue weighted by Gasteiger charge is 2.31. The van der Waals surface area contributed by atoms with Gasteiger partial charge in [-0.2, -0.15) is 0 Å². The third-order valence-electron chi connectivity index (χ3n) is 4.30. The fourth-order valence-corrected chi connectivity index (χ4v) is 3.65. The number of amides is 1. The van der Waals surface area contributed by atoms with Gasteiger partial charge in [0.15, 0.2) is 5.16 Å². The summed E-state index contributed by atoms with van der Waals surface area (Å²) in [5, 5.41) is 3.52. The van der Waals surface area contributed by atoms with Crippen molar-refractivity contribution in [1.82, 2.24) is 14.5 Å². The molecule has 2 aromatic carbocycles. The zero-order chi connectivity index (χ0) is 23.3. The Balaban J connectivity index is 1.71. The number of para-hydroxylation sites is 1. The van der Waals surface area contributed by atoms with E-state index in [9.17, 15) is 22.8 Å². The number of fused-ring (bicyclic) bond motifs is 1. The minimum atomic E-state index is -4.78. The molecule has 0 saturated carbocycles. The topological polar surface area (TPSA) is 76.5 Å². The first-order valence-corrected chi connectivity index (χ1v) is 10.5. The van der Waals surface area contributed by atoms with Crippen LogP contribution in [-0.2, 0) is 11.3 Å². The zero-order valence-electron chi connectivity index (χ0n) is 17.3.